The number of benzene rings is 1. The Morgan fingerprint density at radius 3 is 2.59 bits per heavy atom. The molecule has 0 spiro atoms. The maximum Gasteiger partial charge on any atom is 0.0716 e. The second-order valence-electron chi connectivity index (χ2n) is 4.93. The van der Waals surface area contributed by atoms with Crippen LogP contribution in [0.1, 0.15) is 25.8 Å². The van der Waals surface area contributed by atoms with E-state index in [0.29, 0.717) is 6.61 Å². The lowest BCUT2D eigenvalue weighted by Gasteiger charge is -2.17. The van der Waals surface area contributed by atoms with Crippen molar-refractivity contribution in [2.45, 2.75) is 32.4 Å². The molecule has 1 aromatic rings. The molecule has 0 saturated carbocycles. The highest BCUT2D eigenvalue weighted by Gasteiger charge is 2.09. The Morgan fingerprint density at radius 1 is 1.24 bits per heavy atom. The van der Waals surface area contributed by atoms with Crippen LogP contribution in [0.15, 0.2) is 30.3 Å². The molecule has 0 aromatic heterocycles. The smallest absolute Gasteiger partial charge is 0.0716 e. The third-order valence-corrected chi connectivity index (χ3v) is 3.69. The summed E-state index contributed by atoms with van der Waals surface area (Å²) in [6.07, 6.45) is 1.09. The topological polar surface area (TPSA) is 35.2 Å². The number of nitrogens with two attached hydrogens (primary N) is 1. The fraction of sp³-hybridized carbons (Fsp3) is 0.571. The molecule has 0 aliphatic heterocycles. The van der Waals surface area contributed by atoms with Crippen molar-refractivity contribution in [1.29, 1.82) is 0 Å². The predicted octanol–water partition coefficient (Wildman–Crippen LogP) is 3.06. The van der Waals surface area contributed by atoms with E-state index in [-0.39, 0.29) is 5.54 Å². The molecule has 2 nitrogen and oxygen atoms in total. The zero-order chi connectivity index (χ0) is 12.6. The molecule has 0 fully saturated rings. The monoisotopic (exact) mass is 253 g/mol. The minimum Gasteiger partial charge on any atom is -0.377 e. The summed E-state index contributed by atoms with van der Waals surface area (Å²) in [5, 5.41) is 0. The van der Waals surface area contributed by atoms with E-state index in [4.69, 9.17) is 10.5 Å². The third kappa shape index (κ3) is 8.25. The van der Waals surface area contributed by atoms with Gasteiger partial charge in [-0.25, -0.2) is 0 Å². The van der Waals surface area contributed by atoms with Gasteiger partial charge in [-0.2, -0.15) is 11.8 Å². The molecular formula is C14H23NOS. The summed E-state index contributed by atoms with van der Waals surface area (Å²) in [6.45, 7) is 5.67. The van der Waals surface area contributed by atoms with E-state index in [0.717, 1.165) is 24.5 Å². The van der Waals surface area contributed by atoms with Crippen LogP contribution in [0.4, 0.5) is 0 Å². The van der Waals surface area contributed by atoms with Crippen LogP contribution in [0.3, 0.4) is 0 Å². The Balaban J connectivity index is 1.95. The van der Waals surface area contributed by atoms with Gasteiger partial charge in [0, 0.05) is 17.9 Å². The van der Waals surface area contributed by atoms with Crippen molar-refractivity contribution in [3.8, 4) is 0 Å². The van der Waals surface area contributed by atoms with E-state index < -0.39 is 0 Å². The largest absolute Gasteiger partial charge is 0.377 e. The van der Waals surface area contributed by atoms with E-state index >= 15 is 0 Å². The molecule has 0 saturated heterocycles. The molecule has 0 unspecified atom stereocenters. The Labute approximate surface area is 109 Å². The quantitative estimate of drug-likeness (QED) is 0.723. The van der Waals surface area contributed by atoms with E-state index in [1.54, 1.807) is 0 Å². The average Bonchev–Trinajstić information content (AvgIpc) is 2.28. The van der Waals surface area contributed by atoms with E-state index in [1.807, 2.05) is 30.0 Å². The van der Waals surface area contributed by atoms with Crippen molar-refractivity contribution in [1.82, 2.24) is 0 Å². The van der Waals surface area contributed by atoms with Crippen molar-refractivity contribution in [3.63, 3.8) is 0 Å². The van der Waals surface area contributed by atoms with Gasteiger partial charge in [0.15, 0.2) is 0 Å². The van der Waals surface area contributed by atoms with Gasteiger partial charge in [0.2, 0.25) is 0 Å². The molecule has 3 heteroatoms. The Morgan fingerprint density at radius 2 is 1.94 bits per heavy atom. The maximum absolute atomic E-state index is 5.90. The second-order valence-corrected chi connectivity index (χ2v) is 6.04. The molecule has 0 aliphatic carbocycles. The molecule has 1 rings (SSSR count). The van der Waals surface area contributed by atoms with Crippen LogP contribution >= 0.6 is 11.8 Å². The van der Waals surface area contributed by atoms with Crippen molar-refractivity contribution >= 4 is 11.8 Å². The van der Waals surface area contributed by atoms with Gasteiger partial charge in [-0.1, -0.05) is 30.3 Å². The van der Waals surface area contributed by atoms with Gasteiger partial charge in [-0.3, -0.25) is 0 Å². The molecule has 0 heterocycles. The van der Waals surface area contributed by atoms with Crippen LogP contribution < -0.4 is 5.73 Å². The lowest BCUT2D eigenvalue weighted by molar-refractivity contribution is 0.122. The SMILES string of the molecule is CC(C)(N)CSCCCOCc1ccccc1. The van der Waals surface area contributed by atoms with Crippen LogP contribution in [0.5, 0.6) is 0 Å². The van der Waals surface area contributed by atoms with Gasteiger partial charge >= 0.3 is 0 Å². The van der Waals surface area contributed by atoms with Crippen molar-refractivity contribution in [2.75, 3.05) is 18.1 Å². The maximum atomic E-state index is 5.90. The highest BCUT2D eigenvalue weighted by molar-refractivity contribution is 7.99. The highest BCUT2D eigenvalue weighted by atomic mass is 32.2. The van der Waals surface area contributed by atoms with Crippen LogP contribution in [-0.4, -0.2) is 23.7 Å². The Bertz CT molecular complexity index is 295. The van der Waals surface area contributed by atoms with Gasteiger partial charge < -0.3 is 10.5 Å². The van der Waals surface area contributed by atoms with Crippen LogP contribution in [0.25, 0.3) is 0 Å². The molecule has 2 N–H and O–H groups in total. The fourth-order valence-electron chi connectivity index (χ4n) is 1.36. The molecule has 0 bridgehead atoms. The summed E-state index contributed by atoms with van der Waals surface area (Å²) in [5.41, 5.74) is 7.08. The summed E-state index contributed by atoms with van der Waals surface area (Å²) < 4.78 is 5.61. The van der Waals surface area contributed by atoms with Gasteiger partial charge in [-0.05, 0) is 31.6 Å². The normalized spacial score (nSPS) is 11.7. The average molecular weight is 253 g/mol. The Kier molecular flexibility index (Phi) is 6.63. The Hall–Kier alpha value is -0.510. The first-order valence-corrected chi connectivity index (χ1v) is 7.22. The van der Waals surface area contributed by atoms with Crippen molar-refractivity contribution in [2.24, 2.45) is 5.73 Å². The summed E-state index contributed by atoms with van der Waals surface area (Å²) in [4.78, 5) is 0. The first-order valence-electron chi connectivity index (χ1n) is 6.06. The summed E-state index contributed by atoms with van der Waals surface area (Å²) in [7, 11) is 0. The van der Waals surface area contributed by atoms with Gasteiger partial charge in [0.05, 0.1) is 6.61 Å². The van der Waals surface area contributed by atoms with Crippen LogP contribution in [0.2, 0.25) is 0 Å². The van der Waals surface area contributed by atoms with Gasteiger partial charge in [-0.15, -0.1) is 0 Å². The molecule has 17 heavy (non-hydrogen) atoms. The number of hydrogen-bond acceptors (Lipinski definition) is 3. The minimum absolute atomic E-state index is 0.0600. The standard InChI is InChI=1S/C14H23NOS/c1-14(2,15)12-17-10-6-9-16-11-13-7-4-3-5-8-13/h3-5,7-8H,6,9-12,15H2,1-2H3. The number of rotatable bonds is 8. The lowest BCUT2D eigenvalue weighted by atomic mass is 10.1. The van der Waals surface area contributed by atoms with Crippen molar-refractivity contribution in [3.05, 3.63) is 35.9 Å². The molecule has 0 radical (unpaired) electrons. The van der Waals surface area contributed by atoms with E-state index in [9.17, 15) is 0 Å². The zero-order valence-corrected chi connectivity index (χ0v) is 11.6. The predicted molar refractivity (Wildman–Crippen MR) is 76.3 cm³/mol. The number of hydrogen-bond donors (Lipinski definition) is 1. The highest BCUT2D eigenvalue weighted by Crippen LogP contribution is 2.11. The van der Waals surface area contributed by atoms with Gasteiger partial charge in [0.25, 0.3) is 0 Å². The first kappa shape index (κ1) is 14.6. The zero-order valence-electron chi connectivity index (χ0n) is 10.8. The second kappa shape index (κ2) is 7.75. The molecule has 96 valence electrons. The minimum atomic E-state index is -0.0600. The van der Waals surface area contributed by atoms with Crippen molar-refractivity contribution < 1.29 is 4.74 Å². The number of thioether (sulfide) groups is 1. The van der Waals surface area contributed by atoms with Crippen LogP contribution in [0, 0.1) is 0 Å². The summed E-state index contributed by atoms with van der Waals surface area (Å²) in [5.74, 6) is 2.13. The summed E-state index contributed by atoms with van der Waals surface area (Å²) >= 11 is 1.90. The molecule has 0 atom stereocenters. The van der Waals surface area contributed by atoms with E-state index in [1.165, 1.54) is 5.56 Å². The number of ether oxygens (including phenoxy) is 1. The fourth-order valence-corrected chi connectivity index (χ4v) is 2.35. The first-order chi connectivity index (χ1) is 8.08. The molecular weight excluding hydrogens is 230 g/mol. The molecule has 1 aromatic carbocycles. The van der Waals surface area contributed by atoms with Gasteiger partial charge in [0.1, 0.15) is 0 Å². The lowest BCUT2D eigenvalue weighted by Crippen LogP contribution is -2.34. The van der Waals surface area contributed by atoms with E-state index in [2.05, 4.69) is 26.0 Å². The molecule has 0 amide bonds. The molecule has 0 aliphatic rings. The van der Waals surface area contributed by atoms with Crippen LogP contribution in [-0.2, 0) is 11.3 Å². The summed E-state index contributed by atoms with van der Waals surface area (Å²) in [6, 6.07) is 10.3. The third-order valence-electron chi connectivity index (χ3n) is 2.16.